The summed E-state index contributed by atoms with van der Waals surface area (Å²) < 4.78 is 0. The molecule has 0 unspecified atom stereocenters. The van der Waals surface area contributed by atoms with Crippen molar-refractivity contribution in [3.63, 3.8) is 0 Å². The van der Waals surface area contributed by atoms with Crippen molar-refractivity contribution in [3.05, 3.63) is 70.4 Å². The Morgan fingerprint density at radius 1 is 0.562 bits per heavy atom. The summed E-state index contributed by atoms with van der Waals surface area (Å²) in [5.41, 5.74) is 2.48. The Bertz CT molecular complexity index is 1550. The zero-order valence-corrected chi connectivity index (χ0v) is 19.6. The van der Waals surface area contributed by atoms with Gasteiger partial charge in [-0.3, -0.25) is 10.8 Å². The molecule has 162 valence electrons. The van der Waals surface area contributed by atoms with Crippen molar-refractivity contribution in [2.45, 2.75) is 65.2 Å². The lowest BCUT2D eigenvalue weighted by Crippen LogP contribution is -2.30. The second kappa shape index (κ2) is 7.85. The predicted molar refractivity (Wildman–Crippen MR) is 137 cm³/mol. The largest absolute Gasteiger partial charge is 0.298 e. The summed E-state index contributed by atoms with van der Waals surface area (Å²) in [6, 6.07) is 17.6. The van der Waals surface area contributed by atoms with E-state index in [1.165, 1.54) is 37.9 Å². The third kappa shape index (κ3) is 2.71. The van der Waals surface area contributed by atoms with Gasteiger partial charge in [-0.2, -0.15) is 0 Å². The third-order valence-corrected chi connectivity index (χ3v) is 7.81. The van der Waals surface area contributed by atoms with Gasteiger partial charge < -0.3 is 0 Å². The lowest BCUT2D eigenvalue weighted by molar-refractivity contribution is 0.629. The Kier molecular flexibility index (Phi) is 5.12. The van der Waals surface area contributed by atoms with E-state index in [1.807, 2.05) is 0 Å². The first-order valence-electron chi connectivity index (χ1n) is 12.2. The molecular weight excluding hydrogens is 388 g/mol. The van der Waals surface area contributed by atoms with E-state index in [0.717, 1.165) is 42.0 Å². The molecule has 0 heterocycles. The first-order chi connectivity index (χ1) is 15.6. The minimum atomic E-state index is 0.303. The summed E-state index contributed by atoms with van der Waals surface area (Å²) in [6.45, 7) is 8.99. The van der Waals surface area contributed by atoms with Crippen molar-refractivity contribution in [2.75, 3.05) is 0 Å². The molecule has 2 heteroatoms. The van der Waals surface area contributed by atoms with E-state index in [0.29, 0.717) is 22.6 Å². The summed E-state index contributed by atoms with van der Waals surface area (Å²) in [7, 11) is 0. The van der Waals surface area contributed by atoms with Crippen molar-refractivity contribution < 1.29 is 0 Å². The molecule has 0 atom stereocenters. The topological polar surface area (TPSA) is 47.7 Å². The van der Waals surface area contributed by atoms with E-state index in [1.54, 1.807) is 0 Å². The fraction of sp³-hybridized carbons (Fsp3) is 0.333. The predicted octanol–water partition coefficient (Wildman–Crippen LogP) is 7.94. The number of hydrogen-bond donors (Lipinski definition) is 2. The highest BCUT2D eigenvalue weighted by molar-refractivity contribution is 6.33. The van der Waals surface area contributed by atoms with E-state index in [9.17, 15) is 10.8 Å². The minimum absolute atomic E-state index is 0.303. The smallest absolute Gasteiger partial charge is 0.0877 e. The zero-order valence-electron chi connectivity index (χ0n) is 19.6. The van der Waals surface area contributed by atoms with E-state index in [4.69, 9.17) is 0 Å². The molecule has 0 amide bonds. The van der Waals surface area contributed by atoms with E-state index in [2.05, 4.69) is 76.2 Å². The van der Waals surface area contributed by atoms with Crippen molar-refractivity contribution in [1.82, 2.24) is 0 Å². The maximum Gasteiger partial charge on any atom is 0.0877 e. The first-order valence-corrected chi connectivity index (χ1v) is 12.2. The van der Waals surface area contributed by atoms with Gasteiger partial charge in [-0.25, -0.2) is 0 Å². The van der Waals surface area contributed by atoms with E-state index < -0.39 is 0 Å². The molecule has 0 aliphatic rings. The van der Waals surface area contributed by atoms with E-state index >= 15 is 0 Å². The monoisotopic (exact) mass is 420 g/mol. The van der Waals surface area contributed by atoms with Crippen LogP contribution in [0, 0.1) is 10.8 Å². The molecule has 5 aromatic rings. The minimum Gasteiger partial charge on any atom is -0.298 e. The normalized spacial score (nSPS) is 12.4. The van der Waals surface area contributed by atoms with Crippen molar-refractivity contribution in [1.29, 1.82) is 10.8 Å². The van der Waals surface area contributed by atoms with Gasteiger partial charge in [0.1, 0.15) is 0 Å². The van der Waals surface area contributed by atoms with Crippen LogP contribution in [-0.2, 0) is 0 Å². The maximum atomic E-state index is 9.19. The van der Waals surface area contributed by atoms with Gasteiger partial charge in [0.2, 0.25) is 0 Å². The van der Waals surface area contributed by atoms with Crippen LogP contribution in [0.3, 0.4) is 0 Å². The molecule has 2 nitrogen and oxygen atoms in total. The van der Waals surface area contributed by atoms with Crippen LogP contribution in [0.25, 0.3) is 43.1 Å². The highest BCUT2D eigenvalue weighted by Gasteiger charge is 2.24. The summed E-state index contributed by atoms with van der Waals surface area (Å²) in [5, 5.41) is 28.7. The van der Waals surface area contributed by atoms with Crippen LogP contribution >= 0.6 is 0 Å². The van der Waals surface area contributed by atoms with Gasteiger partial charge in [0.15, 0.2) is 0 Å². The number of fused-ring (bicyclic) bond motifs is 2. The van der Waals surface area contributed by atoms with Crippen LogP contribution in [0.1, 0.15) is 76.3 Å². The Morgan fingerprint density at radius 3 is 1.78 bits per heavy atom. The molecule has 0 fully saturated rings. The lowest BCUT2D eigenvalue weighted by atomic mass is 9.78. The fourth-order valence-corrected chi connectivity index (χ4v) is 6.12. The summed E-state index contributed by atoms with van der Waals surface area (Å²) in [5.74, 6) is 0.769. The number of nitrogens with one attached hydrogen (secondary N) is 2. The fourth-order valence-electron chi connectivity index (χ4n) is 6.12. The van der Waals surface area contributed by atoms with Gasteiger partial charge in [-0.1, -0.05) is 76.2 Å². The molecule has 5 aromatic carbocycles. The highest BCUT2D eigenvalue weighted by Crippen LogP contribution is 2.44. The van der Waals surface area contributed by atoms with Gasteiger partial charge in [-0.05, 0) is 81.0 Å². The molecule has 0 aromatic heterocycles. The lowest BCUT2D eigenvalue weighted by Gasteiger charge is -2.25. The van der Waals surface area contributed by atoms with Crippen molar-refractivity contribution in [3.8, 4) is 0 Å². The van der Waals surface area contributed by atoms with Gasteiger partial charge in [-0.15, -0.1) is 0 Å². The molecule has 5 rings (SSSR count). The zero-order chi connectivity index (χ0) is 22.6. The van der Waals surface area contributed by atoms with Gasteiger partial charge in [0.05, 0.1) is 10.7 Å². The second-order valence-corrected chi connectivity index (χ2v) is 9.23. The number of hydrogen-bond acceptors (Lipinski definition) is 2. The highest BCUT2D eigenvalue weighted by atomic mass is 14.5. The molecule has 0 saturated carbocycles. The van der Waals surface area contributed by atoms with E-state index in [-0.39, 0.29) is 0 Å². The van der Waals surface area contributed by atoms with Crippen LogP contribution in [0.5, 0.6) is 0 Å². The number of benzene rings is 5. The standard InChI is InChI=1S/C30H32N2/c1-5-17(6-2)20-15-16-22-21-13-9-11-19-12-10-14-23(24(19)21)28-27(22)26(20)25(18(7-3)8-4)29(31)30(28)32/h9-18,31-32H,5-8H2,1-4H3. The molecular formula is C30H32N2. The summed E-state index contributed by atoms with van der Waals surface area (Å²) in [4.78, 5) is 0. The first kappa shape index (κ1) is 20.9. The van der Waals surface area contributed by atoms with Gasteiger partial charge in [0, 0.05) is 10.8 Å². The average molecular weight is 421 g/mol. The molecule has 32 heavy (non-hydrogen) atoms. The maximum absolute atomic E-state index is 9.19. The molecule has 0 aliphatic carbocycles. The second-order valence-electron chi connectivity index (χ2n) is 9.23. The molecule has 0 bridgehead atoms. The Labute approximate surface area is 189 Å². The average Bonchev–Trinajstić information content (AvgIpc) is 2.82. The summed E-state index contributed by atoms with van der Waals surface area (Å²) >= 11 is 0. The van der Waals surface area contributed by atoms with Crippen LogP contribution in [0.4, 0.5) is 0 Å². The SMILES string of the molecule is CCC(CC)c1ccc2c3cccc4cccc(c5c(=N)c(=N)c(C(CC)CC)c1c25)c43. The molecule has 2 N–H and O–H groups in total. The van der Waals surface area contributed by atoms with Crippen molar-refractivity contribution >= 4 is 43.1 Å². The Balaban J connectivity index is 2.17. The van der Waals surface area contributed by atoms with Crippen molar-refractivity contribution in [2.24, 2.45) is 0 Å². The number of rotatable bonds is 6. The van der Waals surface area contributed by atoms with Gasteiger partial charge in [0.25, 0.3) is 0 Å². The quantitative estimate of drug-likeness (QED) is 0.207. The molecule has 0 spiro atoms. The Morgan fingerprint density at radius 2 is 1.16 bits per heavy atom. The van der Waals surface area contributed by atoms with Crippen LogP contribution < -0.4 is 10.7 Å². The molecule has 0 radical (unpaired) electrons. The van der Waals surface area contributed by atoms with Crippen LogP contribution in [-0.4, -0.2) is 0 Å². The molecule has 0 aliphatic heterocycles. The third-order valence-electron chi connectivity index (χ3n) is 7.81. The van der Waals surface area contributed by atoms with Gasteiger partial charge >= 0.3 is 0 Å². The Hall–Kier alpha value is -3.00. The molecule has 0 saturated heterocycles. The van der Waals surface area contributed by atoms with Crippen LogP contribution in [0.15, 0.2) is 48.5 Å². The summed E-state index contributed by atoms with van der Waals surface area (Å²) in [6.07, 6.45) is 4.17. The van der Waals surface area contributed by atoms with Crippen LogP contribution in [0.2, 0.25) is 0 Å².